The van der Waals surface area contributed by atoms with E-state index in [1.807, 2.05) is 6.92 Å². The molecule has 0 unspecified atom stereocenters. The molecule has 0 spiro atoms. The van der Waals surface area contributed by atoms with Crippen molar-refractivity contribution < 1.29 is 13.2 Å². The largest absolute Gasteiger partial charge is 0.390 e. The van der Waals surface area contributed by atoms with Crippen LogP contribution in [0.15, 0.2) is 4.99 Å². The quantitative estimate of drug-likeness (QED) is 0.606. The molecule has 0 amide bonds. The first-order valence-corrected chi connectivity index (χ1v) is 6.63. The van der Waals surface area contributed by atoms with E-state index >= 15 is 0 Å². The molecule has 3 nitrogen and oxygen atoms in total. The molecule has 0 aromatic rings. The fourth-order valence-electron chi connectivity index (χ4n) is 2.05. The standard InChI is InChI=1S/C12H22F3N3/c1-2-16-11(17-9-8-12(13,14)15)18-10-6-4-3-5-7-10/h10H,2-9H2,1H3,(H2,16,17,18). The zero-order chi connectivity index (χ0) is 13.4. The smallest absolute Gasteiger partial charge is 0.357 e. The van der Waals surface area contributed by atoms with Gasteiger partial charge in [0.05, 0.1) is 13.0 Å². The van der Waals surface area contributed by atoms with E-state index in [0.29, 0.717) is 18.5 Å². The van der Waals surface area contributed by atoms with Crippen molar-refractivity contribution in [1.29, 1.82) is 0 Å². The lowest BCUT2D eigenvalue weighted by atomic mass is 9.96. The molecule has 0 heterocycles. The third-order valence-corrected chi connectivity index (χ3v) is 2.96. The highest BCUT2D eigenvalue weighted by molar-refractivity contribution is 5.80. The molecule has 1 aliphatic carbocycles. The van der Waals surface area contributed by atoms with Crippen LogP contribution in [0.1, 0.15) is 45.4 Å². The summed E-state index contributed by atoms with van der Waals surface area (Å²) < 4.78 is 36.1. The molecule has 1 aliphatic rings. The molecule has 0 aliphatic heterocycles. The predicted molar refractivity (Wildman–Crippen MR) is 66.7 cm³/mol. The van der Waals surface area contributed by atoms with E-state index in [1.54, 1.807) is 0 Å². The van der Waals surface area contributed by atoms with Gasteiger partial charge in [0.1, 0.15) is 0 Å². The normalized spacial score (nSPS) is 18.8. The Morgan fingerprint density at radius 1 is 1.22 bits per heavy atom. The molecule has 0 bridgehead atoms. The van der Waals surface area contributed by atoms with Gasteiger partial charge in [0.2, 0.25) is 0 Å². The molecule has 1 saturated carbocycles. The number of nitrogens with one attached hydrogen (secondary N) is 2. The lowest BCUT2D eigenvalue weighted by molar-refractivity contribution is -0.132. The Morgan fingerprint density at radius 2 is 1.89 bits per heavy atom. The topological polar surface area (TPSA) is 36.4 Å². The van der Waals surface area contributed by atoms with Gasteiger partial charge < -0.3 is 10.6 Å². The van der Waals surface area contributed by atoms with Gasteiger partial charge in [-0.1, -0.05) is 19.3 Å². The number of aliphatic imine (C=N–C) groups is 1. The molecule has 0 saturated heterocycles. The molecule has 18 heavy (non-hydrogen) atoms. The summed E-state index contributed by atoms with van der Waals surface area (Å²) >= 11 is 0. The van der Waals surface area contributed by atoms with Crippen molar-refractivity contribution in [3.05, 3.63) is 0 Å². The fraction of sp³-hybridized carbons (Fsp3) is 0.917. The summed E-state index contributed by atoms with van der Waals surface area (Å²) in [7, 11) is 0. The highest BCUT2D eigenvalue weighted by Crippen LogP contribution is 2.19. The Balaban J connectivity index is 2.39. The van der Waals surface area contributed by atoms with Crippen LogP contribution in [0.3, 0.4) is 0 Å². The van der Waals surface area contributed by atoms with Crippen LogP contribution in [-0.4, -0.2) is 31.3 Å². The fourth-order valence-corrected chi connectivity index (χ4v) is 2.05. The number of halogens is 3. The first kappa shape index (κ1) is 15.1. The first-order valence-electron chi connectivity index (χ1n) is 6.63. The van der Waals surface area contributed by atoms with E-state index in [-0.39, 0.29) is 6.54 Å². The van der Waals surface area contributed by atoms with Crippen molar-refractivity contribution in [3.63, 3.8) is 0 Å². The summed E-state index contributed by atoms with van der Waals surface area (Å²) in [5.74, 6) is 0.508. The molecule has 1 rings (SSSR count). The van der Waals surface area contributed by atoms with E-state index in [9.17, 15) is 13.2 Å². The first-order chi connectivity index (χ1) is 8.51. The molecule has 2 N–H and O–H groups in total. The highest BCUT2D eigenvalue weighted by Gasteiger charge is 2.26. The van der Waals surface area contributed by atoms with Crippen LogP contribution < -0.4 is 10.6 Å². The predicted octanol–water partition coefficient (Wildman–Crippen LogP) is 2.83. The number of hydrogen-bond acceptors (Lipinski definition) is 1. The van der Waals surface area contributed by atoms with E-state index in [2.05, 4.69) is 15.6 Å². The second kappa shape index (κ2) is 7.48. The van der Waals surface area contributed by atoms with Crippen molar-refractivity contribution in [3.8, 4) is 0 Å². The highest BCUT2D eigenvalue weighted by atomic mass is 19.4. The molecule has 1 fully saturated rings. The monoisotopic (exact) mass is 265 g/mol. The summed E-state index contributed by atoms with van der Waals surface area (Å²) in [6.07, 6.45) is 0.756. The van der Waals surface area contributed by atoms with Crippen molar-refractivity contribution in [1.82, 2.24) is 10.6 Å². The van der Waals surface area contributed by atoms with Gasteiger partial charge >= 0.3 is 6.18 Å². The Kier molecular flexibility index (Phi) is 6.29. The number of alkyl halides is 3. The zero-order valence-electron chi connectivity index (χ0n) is 10.8. The molecule has 6 heteroatoms. The molecular formula is C12H22F3N3. The third kappa shape index (κ3) is 6.71. The van der Waals surface area contributed by atoms with Gasteiger partial charge in [-0.2, -0.15) is 13.2 Å². The number of hydrogen-bond donors (Lipinski definition) is 2. The van der Waals surface area contributed by atoms with Gasteiger partial charge in [-0.25, -0.2) is 0 Å². The van der Waals surface area contributed by atoms with Crippen molar-refractivity contribution in [2.45, 2.75) is 57.7 Å². The molecule has 106 valence electrons. The number of nitrogens with zero attached hydrogens (tertiary/aromatic N) is 1. The summed E-state index contributed by atoms with van der Waals surface area (Å²) in [5, 5.41) is 6.20. The Labute approximate surface area is 106 Å². The van der Waals surface area contributed by atoms with Crippen LogP contribution in [0.4, 0.5) is 13.2 Å². The van der Waals surface area contributed by atoms with E-state index < -0.39 is 12.6 Å². The van der Waals surface area contributed by atoms with Gasteiger partial charge in [-0.15, -0.1) is 0 Å². The van der Waals surface area contributed by atoms with Crippen LogP contribution >= 0.6 is 0 Å². The molecule has 0 aromatic heterocycles. The molecule has 0 aromatic carbocycles. The summed E-state index contributed by atoms with van der Waals surface area (Å²) in [5.41, 5.74) is 0. The summed E-state index contributed by atoms with van der Waals surface area (Å²) in [6, 6.07) is 0.349. The Bertz CT molecular complexity index is 258. The minimum absolute atomic E-state index is 0.217. The second-order valence-corrected chi connectivity index (χ2v) is 4.61. The van der Waals surface area contributed by atoms with Gasteiger partial charge in [0.15, 0.2) is 5.96 Å². The minimum Gasteiger partial charge on any atom is -0.357 e. The van der Waals surface area contributed by atoms with Crippen molar-refractivity contribution >= 4 is 5.96 Å². The molecule has 0 radical (unpaired) electrons. The van der Waals surface area contributed by atoms with Gasteiger partial charge in [-0.05, 0) is 19.8 Å². The van der Waals surface area contributed by atoms with Gasteiger partial charge in [-0.3, -0.25) is 4.99 Å². The average Bonchev–Trinajstić information content (AvgIpc) is 2.29. The van der Waals surface area contributed by atoms with Crippen LogP contribution in [-0.2, 0) is 0 Å². The zero-order valence-corrected chi connectivity index (χ0v) is 10.8. The van der Waals surface area contributed by atoms with Gasteiger partial charge in [0, 0.05) is 12.6 Å². The van der Waals surface area contributed by atoms with Crippen LogP contribution in [0.2, 0.25) is 0 Å². The maximum absolute atomic E-state index is 12.0. The SMILES string of the molecule is CCNC(=NCCC(F)(F)F)NC1CCCCC1. The van der Waals surface area contributed by atoms with Crippen LogP contribution in [0, 0.1) is 0 Å². The summed E-state index contributed by atoms with van der Waals surface area (Å²) in [6.45, 7) is 2.35. The Morgan fingerprint density at radius 3 is 2.44 bits per heavy atom. The molecule has 0 atom stereocenters. The summed E-state index contributed by atoms with van der Waals surface area (Å²) in [4.78, 5) is 3.97. The number of rotatable bonds is 4. The second-order valence-electron chi connectivity index (χ2n) is 4.61. The average molecular weight is 265 g/mol. The van der Waals surface area contributed by atoms with E-state index in [0.717, 1.165) is 12.8 Å². The maximum Gasteiger partial charge on any atom is 0.390 e. The van der Waals surface area contributed by atoms with Crippen molar-refractivity contribution in [2.75, 3.05) is 13.1 Å². The van der Waals surface area contributed by atoms with Crippen LogP contribution in [0.5, 0.6) is 0 Å². The van der Waals surface area contributed by atoms with Crippen LogP contribution in [0.25, 0.3) is 0 Å². The molecular weight excluding hydrogens is 243 g/mol. The third-order valence-electron chi connectivity index (χ3n) is 2.96. The lowest BCUT2D eigenvalue weighted by Gasteiger charge is -2.24. The maximum atomic E-state index is 12.0. The number of guanidine groups is 1. The van der Waals surface area contributed by atoms with E-state index in [1.165, 1.54) is 19.3 Å². The van der Waals surface area contributed by atoms with Crippen molar-refractivity contribution in [2.24, 2.45) is 4.99 Å². The Hall–Kier alpha value is -0.940. The van der Waals surface area contributed by atoms with E-state index in [4.69, 9.17) is 0 Å². The minimum atomic E-state index is -4.13. The van der Waals surface area contributed by atoms with Gasteiger partial charge in [0.25, 0.3) is 0 Å². The lowest BCUT2D eigenvalue weighted by Crippen LogP contribution is -2.44.